The molecular formula is C13H12F3NOS. The zero-order valence-electron chi connectivity index (χ0n) is 9.91. The lowest BCUT2D eigenvalue weighted by Crippen LogP contribution is -2.08. The van der Waals surface area contributed by atoms with Crippen molar-refractivity contribution < 1.29 is 17.9 Å². The Bertz CT molecular complexity index is 551. The first-order chi connectivity index (χ1) is 9.00. The van der Waals surface area contributed by atoms with E-state index in [9.17, 15) is 13.2 Å². The summed E-state index contributed by atoms with van der Waals surface area (Å²) in [6.07, 6.45) is -4.41. The molecule has 19 heavy (non-hydrogen) atoms. The molecule has 0 spiro atoms. The van der Waals surface area contributed by atoms with Crippen LogP contribution in [0.15, 0.2) is 36.4 Å². The lowest BCUT2D eigenvalue weighted by Gasteiger charge is -2.13. The zero-order chi connectivity index (χ0) is 13.9. The highest BCUT2D eigenvalue weighted by molar-refractivity contribution is 7.11. The van der Waals surface area contributed by atoms with E-state index in [2.05, 4.69) is 0 Å². The fraction of sp³-hybridized carbons (Fsp3) is 0.231. The number of hydrogen-bond donors (Lipinski definition) is 1. The largest absolute Gasteiger partial charge is 0.487 e. The molecule has 0 unspecified atom stereocenters. The Morgan fingerprint density at radius 1 is 1.05 bits per heavy atom. The lowest BCUT2D eigenvalue weighted by atomic mass is 10.2. The van der Waals surface area contributed by atoms with E-state index in [1.807, 2.05) is 12.1 Å². The first kappa shape index (κ1) is 13.9. The standard InChI is InChI=1S/C13H12F3NOS/c14-13(15,16)11-3-1-2-4-12(11)18-8-10-6-5-9(7-17)19-10/h1-6H,7-8,17H2. The molecule has 0 atom stereocenters. The van der Waals surface area contributed by atoms with Gasteiger partial charge in [0.2, 0.25) is 0 Å². The molecule has 0 radical (unpaired) electrons. The predicted molar refractivity (Wildman–Crippen MR) is 68.0 cm³/mol. The van der Waals surface area contributed by atoms with Crippen LogP contribution in [0.2, 0.25) is 0 Å². The fourth-order valence-electron chi connectivity index (χ4n) is 1.59. The molecule has 0 fully saturated rings. The Labute approximate surface area is 112 Å². The van der Waals surface area contributed by atoms with Gasteiger partial charge in [-0.2, -0.15) is 13.2 Å². The number of alkyl halides is 3. The van der Waals surface area contributed by atoms with Crippen molar-refractivity contribution in [2.45, 2.75) is 19.3 Å². The van der Waals surface area contributed by atoms with Gasteiger partial charge in [-0.05, 0) is 24.3 Å². The highest BCUT2D eigenvalue weighted by atomic mass is 32.1. The topological polar surface area (TPSA) is 35.2 Å². The molecule has 0 aliphatic carbocycles. The number of para-hydroxylation sites is 1. The number of nitrogens with two attached hydrogens (primary N) is 1. The monoisotopic (exact) mass is 287 g/mol. The molecule has 0 saturated carbocycles. The van der Waals surface area contributed by atoms with Gasteiger partial charge in [-0.3, -0.25) is 0 Å². The smallest absolute Gasteiger partial charge is 0.419 e. The fourth-order valence-corrected chi connectivity index (χ4v) is 2.40. The SMILES string of the molecule is NCc1ccc(COc2ccccc2C(F)(F)F)s1. The number of benzene rings is 1. The van der Waals surface area contributed by atoms with Crippen molar-refractivity contribution in [2.75, 3.05) is 0 Å². The molecule has 0 bridgehead atoms. The molecule has 2 nitrogen and oxygen atoms in total. The van der Waals surface area contributed by atoms with Gasteiger partial charge in [0.1, 0.15) is 12.4 Å². The molecule has 0 amide bonds. The van der Waals surface area contributed by atoms with Crippen molar-refractivity contribution in [1.82, 2.24) is 0 Å². The van der Waals surface area contributed by atoms with Crippen molar-refractivity contribution >= 4 is 11.3 Å². The molecule has 0 saturated heterocycles. The zero-order valence-corrected chi connectivity index (χ0v) is 10.7. The summed E-state index contributed by atoms with van der Waals surface area (Å²) < 4.78 is 43.5. The number of rotatable bonds is 4. The van der Waals surface area contributed by atoms with Gasteiger partial charge < -0.3 is 10.5 Å². The van der Waals surface area contributed by atoms with Gasteiger partial charge in [-0.1, -0.05) is 12.1 Å². The van der Waals surface area contributed by atoms with Gasteiger partial charge in [0.05, 0.1) is 5.56 Å². The maximum atomic E-state index is 12.7. The summed E-state index contributed by atoms with van der Waals surface area (Å²) >= 11 is 1.43. The molecule has 1 aromatic heterocycles. The Hall–Kier alpha value is -1.53. The van der Waals surface area contributed by atoms with Crippen LogP contribution < -0.4 is 10.5 Å². The van der Waals surface area contributed by atoms with E-state index >= 15 is 0 Å². The second-order valence-corrected chi connectivity index (χ2v) is 5.11. The average molecular weight is 287 g/mol. The van der Waals surface area contributed by atoms with Gasteiger partial charge in [0, 0.05) is 16.3 Å². The molecule has 102 valence electrons. The minimum absolute atomic E-state index is 0.109. The summed E-state index contributed by atoms with van der Waals surface area (Å²) in [6, 6.07) is 8.84. The van der Waals surface area contributed by atoms with E-state index in [4.69, 9.17) is 10.5 Å². The van der Waals surface area contributed by atoms with Gasteiger partial charge >= 0.3 is 6.18 Å². The number of ether oxygens (including phenoxy) is 1. The Balaban J connectivity index is 2.11. The molecule has 1 heterocycles. The first-order valence-corrected chi connectivity index (χ1v) is 6.39. The van der Waals surface area contributed by atoms with Crippen LogP contribution in [-0.2, 0) is 19.3 Å². The molecule has 0 aliphatic heterocycles. The van der Waals surface area contributed by atoms with Crippen LogP contribution in [-0.4, -0.2) is 0 Å². The van der Waals surface area contributed by atoms with Gasteiger partial charge in [0.25, 0.3) is 0 Å². The molecule has 6 heteroatoms. The maximum absolute atomic E-state index is 12.7. The van der Waals surface area contributed by atoms with E-state index in [-0.39, 0.29) is 12.4 Å². The molecule has 2 N–H and O–H groups in total. The summed E-state index contributed by atoms with van der Waals surface area (Å²) in [5.74, 6) is -0.155. The number of hydrogen-bond acceptors (Lipinski definition) is 3. The van der Waals surface area contributed by atoms with E-state index in [1.54, 1.807) is 0 Å². The van der Waals surface area contributed by atoms with Crippen LogP contribution in [0.1, 0.15) is 15.3 Å². The van der Waals surface area contributed by atoms with Gasteiger partial charge in [-0.25, -0.2) is 0 Å². The van der Waals surface area contributed by atoms with Crippen LogP contribution in [0.5, 0.6) is 5.75 Å². The minimum atomic E-state index is -4.41. The average Bonchev–Trinajstić information content (AvgIpc) is 2.83. The van der Waals surface area contributed by atoms with E-state index < -0.39 is 11.7 Å². The van der Waals surface area contributed by atoms with Crippen molar-refractivity contribution in [2.24, 2.45) is 5.73 Å². The Morgan fingerprint density at radius 3 is 2.37 bits per heavy atom. The summed E-state index contributed by atoms with van der Waals surface area (Å²) in [6.45, 7) is 0.529. The van der Waals surface area contributed by atoms with E-state index in [0.29, 0.717) is 6.54 Å². The Morgan fingerprint density at radius 2 is 1.74 bits per heavy atom. The molecule has 2 rings (SSSR count). The van der Waals surface area contributed by atoms with Crippen LogP contribution >= 0.6 is 11.3 Å². The molecule has 1 aromatic carbocycles. The second kappa shape index (κ2) is 5.63. The third-order valence-electron chi connectivity index (χ3n) is 2.48. The van der Waals surface area contributed by atoms with Crippen LogP contribution in [0.3, 0.4) is 0 Å². The molecule has 0 aliphatic rings. The third-order valence-corrected chi connectivity index (χ3v) is 3.56. The van der Waals surface area contributed by atoms with Crippen molar-refractivity contribution in [1.29, 1.82) is 0 Å². The van der Waals surface area contributed by atoms with Gasteiger partial charge in [0.15, 0.2) is 0 Å². The first-order valence-electron chi connectivity index (χ1n) is 5.57. The Kier molecular flexibility index (Phi) is 4.11. The van der Waals surface area contributed by atoms with Crippen molar-refractivity contribution in [3.05, 3.63) is 51.7 Å². The van der Waals surface area contributed by atoms with Gasteiger partial charge in [-0.15, -0.1) is 11.3 Å². The third kappa shape index (κ3) is 3.48. The van der Waals surface area contributed by atoms with E-state index in [0.717, 1.165) is 15.8 Å². The summed E-state index contributed by atoms with van der Waals surface area (Å²) in [5, 5.41) is 0. The molecular weight excluding hydrogens is 275 g/mol. The normalized spacial score (nSPS) is 11.6. The summed E-state index contributed by atoms with van der Waals surface area (Å²) in [7, 11) is 0. The van der Waals surface area contributed by atoms with Crippen LogP contribution in [0.4, 0.5) is 13.2 Å². The van der Waals surface area contributed by atoms with Crippen LogP contribution in [0.25, 0.3) is 0 Å². The molecule has 2 aromatic rings. The maximum Gasteiger partial charge on any atom is 0.419 e. The number of halogens is 3. The van der Waals surface area contributed by atoms with Crippen molar-refractivity contribution in [3.63, 3.8) is 0 Å². The predicted octanol–water partition coefficient (Wildman–Crippen LogP) is 3.80. The summed E-state index contributed by atoms with van der Waals surface area (Å²) in [5.41, 5.74) is 4.71. The minimum Gasteiger partial charge on any atom is -0.487 e. The lowest BCUT2D eigenvalue weighted by molar-refractivity contribution is -0.139. The van der Waals surface area contributed by atoms with E-state index in [1.165, 1.54) is 29.5 Å². The number of thiophene rings is 1. The highest BCUT2D eigenvalue weighted by Gasteiger charge is 2.33. The summed E-state index contributed by atoms with van der Waals surface area (Å²) in [4.78, 5) is 1.82. The van der Waals surface area contributed by atoms with Crippen LogP contribution in [0, 0.1) is 0 Å². The highest BCUT2D eigenvalue weighted by Crippen LogP contribution is 2.36. The quantitative estimate of drug-likeness (QED) is 0.928. The second-order valence-electron chi connectivity index (χ2n) is 3.85. The van der Waals surface area contributed by atoms with Crippen molar-refractivity contribution in [3.8, 4) is 5.75 Å².